The quantitative estimate of drug-likeness (QED) is 0.187. The van der Waals surface area contributed by atoms with Gasteiger partial charge in [0, 0.05) is 28.6 Å². The fourth-order valence-corrected chi connectivity index (χ4v) is 6.67. The molecule has 0 aliphatic carbocycles. The number of aromatic nitrogens is 4. The summed E-state index contributed by atoms with van der Waals surface area (Å²) in [6.45, 7) is 0. The maximum atomic E-state index is 5.19. The van der Waals surface area contributed by atoms with Crippen molar-refractivity contribution in [2.45, 2.75) is 0 Å². The molecule has 9 aromatic rings. The minimum atomic E-state index is 0.912. The first-order chi connectivity index (χ1) is 23.8. The molecule has 6 aromatic carbocycles. The van der Waals surface area contributed by atoms with Crippen LogP contribution in [0.25, 0.3) is 78.5 Å². The van der Waals surface area contributed by atoms with Gasteiger partial charge < -0.3 is 0 Å². The minimum Gasteiger partial charge on any atom is -0.299 e. The molecule has 0 unspecified atom stereocenters. The fraction of sp³-hybridized carbons (Fsp3) is 0. The Morgan fingerprint density at radius 2 is 0.958 bits per heavy atom. The summed E-state index contributed by atoms with van der Waals surface area (Å²) in [5, 5.41) is 0. The zero-order chi connectivity index (χ0) is 31.9. The third-order valence-electron chi connectivity index (χ3n) is 8.94. The first kappa shape index (κ1) is 27.8. The molecule has 226 valence electrons. The second kappa shape index (κ2) is 11.7. The molecule has 0 aliphatic heterocycles. The normalized spacial score (nSPS) is 11.3. The van der Waals surface area contributed by atoms with Crippen molar-refractivity contribution in [3.05, 3.63) is 182 Å². The van der Waals surface area contributed by atoms with Gasteiger partial charge in [-0.25, -0.2) is 9.97 Å². The molecule has 0 amide bonds. The van der Waals surface area contributed by atoms with Crippen LogP contribution in [0.15, 0.2) is 182 Å². The number of nitrogens with zero attached hydrogens (tertiary/aromatic N) is 4. The average molecular weight is 615 g/mol. The highest BCUT2D eigenvalue weighted by atomic mass is 15.1. The van der Waals surface area contributed by atoms with Gasteiger partial charge in [0.25, 0.3) is 0 Å². The first-order valence-corrected chi connectivity index (χ1v) is 16.2. The zero-order valence-electron chi connectivity index (χ0n) is 26.1. The van der Waals surface area contributed by atoms with Gasteiger partial charge in [-0.15, -0.1) is 0 Å². The first-order valence-electron chi connectivity index (χ1n) is 16.2. The number of benzene rings is 6. The summed E-state index contributed by atoms with van der Waals surface area (Å²) in [7, 11) is 0. The van der Waals surface area contributed by atoms with Gasteiger partial charge in [0.05, 0.1) is 22.4 Å². The Labute approximate surface area is 278 Å². The molecule has 4 nitrogen and oxygen atoms in total. The summed E-state index contributed by atoms with van der Waals surface area (Å²) in [6, 6.07) is 61.7. The zero-order valence-corrected chi connectivity index (χ0v) is 26.1. The number of hydrogen-bond donors (Lipinski definition) is 0. The Morgan fingerprint density at radius 1 is 0.396 bits per heavy atom. The van der Waals surface area contributed by atoms with Gasteiger partial charge in [0.2, 0.25) is 0 Å². The van der Waals surface area contributed by atoms with Crippen LogP contribution < -0.4 is 0 Å². The number of pyridine rings is 1. The summed E-state index contributed by atoms with van der Waals surface area (Å²) in [5.74, 6) is 0.912. The van der Waals surface area contributed by atoms with E-state index in [0.29, 0.717) is 0 Å². The monoisotopic (exact) mass is 614 g/mol. The lowest BCUT2D eigenvalue weighted by Crippen LogP contribution is -1.98. The third-order valence-corrected chi connectivity index (χ3v) is 8.94. The topological polar surface area (TPSA) is 35.1 Å². The molecule has 0 radical (unpaired) electrons. The van der Waals surface area contributed by atoms with E-state index < -0.39 is 0 Å². The van der Waals surface area contributed by atoms with Crippen LogP contribution >= 0.6 is 0 Å². The highest BCUT2D eigenvalue weighted by Crippen LogP contribution is 2.37. The maximum absolute atomic E-state index is 5.19. The largest absolute Gasteiger partial charge is 0.299 e. The lowest BCUT2D eigenvalue weighted by Gasteiger charge is -2.14. The molecule has 48 heavy (non-hydrogen) atoms. The number of fused-ring (bicyclic) bond motifs is 2. The number of hydrogen-bond acceptors (Lipinski definition) is 2. The molecule has 3 aromatic heterocycles. The van der Waals surface area contributed by atoms with Crippen molar-refractivity contribution in [1.29, 1.82) is 0 Å². The summed E-state index contributed by atoms with van der Waals surface area (Å²) in [6.07, 6.45) is 2.09. The molecular weight excluding hydrogens is 585 g/mol. The van der Waals surface area contributed by atoms with Gasteiger partial charge in [-0.2, -0.15) is 0 Å². The molecule has 3 heterocycles. The van der Waals surface area contributed by atoms with Gasteiger partial charge >= 0.3 is 0 Å². The molecule has 4 heteroatoms. The molecule has 0 N–H and O–H groups in total. The van der Waals surface area contributed by atoms with Crippen molar-refractivity contribution in [2.75, 3.05) is 0 Å². The number of para-hydroxylation sites is 3. The SMILES string of the molecule is c1ccc(-c2cc(-c3ccc(-c4nc5ccccn5c4-c4ccccc4)cc3)cc(-c3nc4ccccc4n3-c3ccccc3)c2)cc1. The molecule has 0 saturated heterocycles. The van der Waals surface area contributed by atoms with E-state index in [2.05, 4.69) is 173 Å². The molecular formula is C44H30N4. The van der Waals surface area contributed by atoms with E-state index in [0.717, 1.165) is 78.5 Å². The predicted octanol–water partition coefficient (Wildman–Crippen LogP) is 11.0. The van der Waals surface area contributed by atoms with E-state index in [1.165, 1.54) is 0 Å². The van der Waals surface area contributed by atoms with Crippen LogP contribution in [0, 0.1) is 0 Å². The standard InChI is InChI=1S/C44H30N4/c1-4-14-31(15-5-1)35-28-36(30-37(29-35)44-45-39-20-10-11-21-40(39)48(44)38-18-8-3-9-19-38)32-23-25-33(26-24-32)42-43(34-16-6-2-7-17-34)47-27-13-12-22-41(47)46-42/h1-30H. The summed E-state index contributed by atoms with van der Waals surface area (Å²) < 4.78 is 4.44. The van der Waals surface area contributed by atoms with Crippen LogP contribution in [0.2, 0.25) is 0 Å². The van der Waals surface area contributed by atoms with Crippen LogP contribution in [-0.4, -0.2) is 18.9 Å². The van der Waals surface area contributed by atoms with Crippen molar-refractivity contribution < 1.29 is 0 Å². The number of imidazole rings is 2. The highest BCUT2D eigenvalue weighted by molar-refractivity contribution is 5.87. The lowest BCUT2D eigenvalue weighted by atomic mass is 9.94. The van der Waals surface area contributed by atoms with E-state index in [1.807, 2.05) is 18.2 Å². The van der Waals surface area contributed by atoms with Gasteiger partial charge in [0.1, 0.15) is 11.5 Å². The maximum Gasteiger partial charge on any atom is 0.145 e. The molecule has 0 fully saturated rings. The average Bonchev–Trinajstić information content (AvgIpc) is 3.75. The fourth-order valence-electron chi connectivity index (χ4n) is 6.67. The summed E-state index contributed by atoms with van der Waals surface area (Å²) >= 11 is 0. The van der Waals surface area contributed by atoms with Crippen LogP contribution in [0.5, 0.6) is 0 Å². The lowest BCUT2D eigenvalue weighted by molar-refractivity contribution is 1.10. The molecule has 9 rings (SSSR count). The second-order valence-corrected chi connectivity index (χ2v) is 11.9. The van der Waals surface area contributed by atoms with Crippen molar-refractivity contribution in [1.82, 2.24) is 18.9 Å². The van der Waals surface area contributed by atoms with E-state index >= 15 is 0 Å². The Hall–Kier alpha value is -6.52. The minimum absolute atomic E-state index is 0.912. The molecule has 0 spiro atoms. The number of rotatable bonds is 6. The second-order valence-electron chi connectivity index (χ2n) is 11.9. The van der Waals surface area contributed by atoms with E-state index in [4.69, 9.17) is 9.97 Å². The predicted molar refractivity (Wildman–Crippen MR) is 197 cm³/mol. The van der Waals surface area contributed by atoms with Crippen molar-refractivity contribution in [3.8, 4) is 61.8 Å². The van der Waals surface area contributed by atoms with Gasteiger partial charge in [-0.3, -0.25) is 8.97 Å². The highest BCUT2D eigenvalue weighted by Gasteiger charge is 2.18. The van der Waals surface area contributed by atoms with Crippen molar-refractivity contribution in [2.24, 2.45) is 0 Å². The van der Waals surface area contributed by atoms with Gasteiger partial charge in [-0.1, -0.05) is 121 Å². The summed E-state index contributed by atoms with van der Waals surface area (Å²) in [5.41, 5.74) is 13.9. The van der Waals surface area contributed by atoms with Crippen molar-refractivity contribution in [3.63, 3.8) is 0 Å². The van der Waals surface area contributed by atoms with Crippen molar-refractivity contribution >= 4 is 16.7 Å². The van der Waals surface area contributed by atoms with E-state index in [1.54, 1.807) is 0 Å². The molecule has 0 saturated carbocycles. The van der Waals surface area contributed by atoms with Crippen LogP contribution in [-0.2, 0) is 0 Å². The van der Waals surface area contributed by atoms with Gasteiger partial charge in [0.15, 0.2) is 0 Å². The molecule has 0 aliphatic rings. The Kier molecular flexibility index (Phi) is 6.76. The molecule has 0 bridgehead atoms. The summed E-state index contributed by atoms with van der Waals surface area (Å²) in [4.78, 5) is 10.3. The third kappa shape index (κ3) is 4.88. The van der Waals surface area contributed by atoms with Crippen LogP contribution in [0.1, 0.15) is 0 Å². The smallest absolute Gasteiger partial charge is 0.145 e. The van der Waals surface area contributed by atoms with Crippen LogP contribution in [0.3, 0.4) is 0 Å². The Balaban J connectivity index is 1.20. The van der Waals surface area contributed by atoms with E-state index in [-0.39, 0.29) is 0 Å². The van der Waals surface area contributed by atoms with E-state index in [9.17, 15) is 0 Å². The Bertz CT molecular complexity index is 2530. The Morgan fingerprint density at radius 3 is 1.69 bits per heavy atom. The van der Waals surface area contributed by atoms with Gasteiger partial charge in [-0.05, 0) is 76.9 Å². The molecule has 0 atom stereocenters. The van der Waals surface area contributed by atoms with Crippen LogP contribution in [0.4, 0.5) is 0 Å².